The van der Waals surface area contributed by atoms with Crippen LogP contribution in [0.4, 0.5) is 0 Å². The van der Waals surface area contributed by atoms with E-state index in [-0.39, 0.29) is 57.2 Å². The summed E-state index contributed by atoms with van der Waals surface area (Å²) in [5.74, 6) is 0. The Morgan fingerprint density at radius 3 is 1.60 bits per heavy atom. The predicted octanol–water partition coefficient (Wildman–Crippen LogP) is -0.976. The second-order valence-electron chi connectivity index (χ2n) is 0.0833. The van der Waals surface area contributed by atoms with Crippen LogP contribution in [0.5, 0.6) is 0 Å². The molecule has 1 unspecified atom stereocenters. The molecule has 0 nitrogen and oxygen atoms in total. The molecule has 0 N–H and O–H groups in total. The van der Waals surface area contributed by atoms with Crippen LogP contribution in [0.25, 0.3) is 0 Å². The van der Waals surface area contributed by atoms with E-state index in [0.29, 0.717) is 12.7 Å². The van der Waals surface area contributed by atoms with Crippen LogP contribution in [0.15, 0.2) is 0 Å². The summed E-state index contributed by atoms with van der Waals surface area (Å²) in [7, 11) is 2.53. The van der Waals surface area contributed by atoms with Crippen molar-refractivity contribution in [2.75, 3.05) is 0 Å². The molecule has 0 saturated heterocycles. The quantitative estimate of drug-likeness (QED) is 0.394. The molecule has 27 valence electrons. The van der Waals surface area contributed by atoms with E-state index in [9.17, 15) is 0 Å². The summed E-state index contributed by atoms with van der Waals surface area (Å²) in [6.45, 7) is 0. The molecule has 1 atom stereocenters. The van der Waals surface area contributed by atoms with Crippen molar-refractivity contribution < 1.29 is 33.7 Å². The van der Waals surface area contributed by atoms with E-state index in [4.69, 9.17) is 0 Å². The number of rotatable bonds is 0. The molecule has 0 aliphatic rings. The first-order chi connectivity index (χ1) is 1.41. The summed E-state index contributed by atoms with van der Waals surface area (Å²) in [6, 6.07) is 0. The molecule has 0 amide bonds. The molecule has 0 rings (SSSR count). The summed E-state index contributed by atoms with van der Waals surface area (Å²) in [6.07, 6.45) is 0. The van der Waals surface area contributed by atoms with E-state index >= 15 is 0 Å². The first kappa shape index (κ1) is 15.8. The van der Waals surface area contributed by atoms with Gasteiger partial charge in [-0.15, -0.1) is 0 Å². The van der Waals surface area contributed by atoms with Crippen LogP contribution in [-0.2, 0) is 33.7 Å². The van der Waals surface area contributed by atoms with E-state index in [1.54, 1.807) is 0 Å². The SMILES string of the molecule is P[Se][Fe].[CaH2].[Zn]. The van der Waals surface area contributed by atoms with Crippen molar-refractivity contribution in [2.24, 2.45) is 0 Å². The van der Waals surface area contributed by atoms with Crippen LogP contribution < -0.4 is 0 Å². The number of hydrogen-bond acceptors (Lipinski definition) is 0. The third-order valence-corrected chi connectivity index (χ3v) is 0. The fourth-order valence-electron chi connectivity index (χ4n) is 0. The average molecular weight is 275 g/mol. The monoisotopic (exact) mass is 275 g/mol. The zero-order valence-corrected chi connectivity index (χ0v) is 8.99. The molecular formula is H4CaFePSeZn. The van der Waals surface area contributed by atoms with Crippen molar-refractivity contribution in [3.63, 3.8) is 0 Å². The second kappa shape index (κ2) is 15.7. The maximum Gasteiger partial charge on any atom is 0 e. The van der Waals surface area contributed by atoms with Crippen molar-refractivity contribution in [3.8, 4) is 0 Å². The van der Waals surface area contributed by atoms with Gasteiger partial charge < -0.3 is 0 Å². The minimum atomic E-state index is 0. The Morgan fingerprint density at radius 1 is 1.60 bits per heavy atom. The van der Waals surface area contributed by atoms with Crippen LogP contribution >= 0.6 is 7.93 Å². The van der Waals surface area contributed by atoms with Gasteiger partial charge in [-0.3, -0.25) is 0 Å². The molecule has 0 bridgehead atoms. The van der Waals surface area contributed by atoms with Gasteiger partial charge in [0.15, 0.2) is 0 Å². The first-order valence-electron chi connectivity index (χ1n) is 0.380. The topological polar surface area (TPSA) is 0 Å². The summed E-state index contributed by atoms with van der Waals surface area (Å²) < 4.78 is 0. The Labute approximate surface area is 90.1 Å². The van der Waals surface area contributed by atoms with Crippen molar-refractivity contribution >= 4 is 58.4 Å². The fourth-order valence-corrected chi connectivity index (χ4v) is 0. The van der Waals surface area contributed by atoms with Gasteiger partial charge in [0.25, 0.3) is 0 Å². The van der Waals surface area contributed by atoms with Gasteiger partial charge in [-0.05, 0) is 0 Å². The van der Waals surface area contributed by atoms with E-state index < -0.39 is 0 Å². The summed E-state index contributed by atoms with van der Waals surface area (Å²) in [5.41, 5.74) is 0. The van der Waals surface area contributed by atoms with Gasteiger partial charge in [0.2, 0.25) is 0 Å². The van der Waals surface area contributed by atoms with Gasteiger partial charge in [-0.25, -0.2) is 0 Å². The Morgan fingerprint density at radius 2 is 1.60 bits per heavy atom. The maximum absolute atomic E-state index is 3.51. The van der Waals surface area contributed by atoms with Crippen molar-refractivity contribution in [3.05, 3.63) is 0 Å². The van der Waals surface area contributed by atoms with E-state index in [1.807, 2.05) is 0 Å². The zero-order valence-electron chi connectivity index (χ0n) is 2.05. The van der Waals surface area contributed by atoms with E-state index in [2.05, 4.69) is 22.1 Å². The Kier molecular flexibility index (Phi) is 49.4. The van der Waals surface area contributed by atoms with Crippen LogP contribution in [0.2, 0.25) is 0 Å². The third kappa shape index (κ3) is 18.7. The van der Waals surface area contributed by atoms with Crippen LogP contribution in [-0.4, -0.2) is 50.4 Å². The van der Waals surface area contributed by atoms with Crippen molar-refractivity contribution in [1.29, 1.82) is 0 Å². The minimum Gasteiger partial charge on any atom is 0 e. The van der Waals surface area contributed by atoms with Crippen molar-refractivity contribution in [1.82, 2.24) is 0 Å². The van der Waals surface area contributed by atoms with Crippen LogP contribution in [0.3, 0.4) is 0 Å². The van der Waals surface area contributed by atoms with Gasteiger partial charge in [0, 0.05) is 19.5 Å². The molecule has 0 aromatic carbocycles. The molecule has 0 fully saturated rings. The molecule has 0 saturated carbocycles. The van der Waals surface area contributed by atoms with Gasteiger partial charge >= 0.3 is 72.5 Å². The van der Waals surface area contributed by atoms with Gasteiger partial charge in [0.1, 0.15) is 0 Å². The number of hydrogen-bond donors (Lipinski definition) is 0. The molecule has 0 radical (unpaired) electrons. The van der Waals surface area contributed by atoms with Crippen LogP contribution in [0, 0.1) is 0 Å². The normalized spacial score (nSPS) is 3.60. The largest absolute Gasteiger partial charge is 0 e. The average Bonchev–Trinajstić information content (AvgIpc) is 0.918. The zero-order chi connectivity index (χ0) is 2.71. The molecule has 5 heavy (non-hydrogen) atoms. The summed E-state index contributed by atoms with van der Waals surface area (Å²) >= 11 is 4.05. The molecular weight excluding hydrogens is 271 g/mol. The van der Waals surface area contributed by atoms with E-state index in [1.165, 1.54) is 0 Å². The van der Waals surface area contributed by atoms with Gasteiger partial charge in [0.05, 0.1) is 0 Å². The smallest absolute Gasteiger partial charge is 0 e. The van der Waals surface area contributed by atoms with Crippen LogP contribution in [0.1, 0.15) is 0 Å². The molecule has 0 aliphatic carbocycles. The van der Waals surface area contributed by atoms with Gasteiger partial charge in [-0.2, -0.15) is 0 Å². The van der Waals surface area contributed by atoms with Gasteiger partial charge in [-0.1, -0.05) is 0 Å². The first-order valence-corrected chi connectivity index (χ1v) is 6.77. The predicted molar refractivity (Wildman–Crippen MR) is 24.0 cm³/mol. The Hall–Kier alpha value is 3.35. The molecule has 0 aromatic heterocycles. The fraction of sp³-hybridized carbons (Fsp3) is 0. The Balaban J connectivity index is -0.0000000200. The summed E-state index contributed by atoms with van der Waals surface area (Å²) in [4.78, 5) is 0. The third-order valence-electron chi connectivity index (χ3n) is 0. The standard InChI is InChI=1S/Ca.Fe.H2PSe.Zn.2H/c;;1-2;;;/h;;1H2;;;/q;+1;-1;;;. The van der Waals surface area contributed by atoms with E-state index in [0.717, 1.165) is 0 Å². The minimum absolute atomic E-state index is 0. The molecule has 0 aliphatic heterocycles. The second-order valence-corrected chi connectivity index (χ2v) is 5.36. The molecule has 5 heteroatoms. The van der Waals surface area contributed by atoms with Crippen molar-refractivity contribution in [2.45, 2.75) is 0 Å². The molecule has 0 spiro atoms. The molecule has 0 aromatic rings. The Bertz CT molecular complexity index is 11.6. The maximum atomic E-state index is 3.51. The molecule has 0 heterocycles. The summed E-state index contributed by atoms with van der Waals surface area (Å²) in [5, 5.41) is 0.